The first kappa shape index (κ1) is 25.0. The minimum Gasteiger partial charge on any atom is -0.496 e. The summed E-state index contributed by atoms with van der Waals surface area (Å²) in [6.07, 6.45) is 3.16. The lowest BCUT2D eigenvalue weighted by Crippen LogP contribution is -2.26. The molecule has 176 valence electrons. The van der Waals surface area contributed by atoms with Crippen LogP contribution < -0.4 is 4.74 Å². The average Bonchev–Trinajstić information content (AvgIpc) is 2.83. The van der Waals surface area contributed by atoms with Crippen molar-refractivity contribution in [2.24, 2.45) is 5.92 Å². The maximum absolute atomic E-state index is 5.95. The van der Waals surface area contributed by atoms with Crippen molar-refractivity contribution in [1.82, 2.24) is 9.88 Å². The number of aryl methyl sites for hydroxylation is 3. The Hall–Kier alpha value is -2.65. The molecule has 0 unspecified atom stereocenters. The fourth-order valence-electron chi connectivity index (χ4n) is 4.46. The van der Waals surface area contributed by atoms with Crippen LogP contribution in [0.2, 0.25) is 0 Å². The number of ether oxygens (including phenoxy) is 1. The predicted molar refractivity (Wildman–Crippen MR) is 140 cm³/mol. The van der Waals surface area contributed by atoms with Crippen molar-refractivity contribution in [1.29, 1.82) is 0 Å². The predicted octanol–water partition coefficient (Wildman–Crippen LogP) is 7.24. The molecular formula is C30H40N2O. The van der Waals surface area contributed by atoms with Gasteiger partial charge >= 0.3 is 0 Å². The van der Waals surface area contributed by atoms with Crippen molar-refractivity contribution in [3.8, 4) is 17.0 Å². The van der Waals surface area contributed by atoms with E-state index in [1.807, 2.05) is 0 Å². The van der Waals surface area contributed by atoms with Crippen LogP contribution in [0.15, 0.2) is 54.6 Å². The van der Waals surface area contributed by atoms with Crippen LogP contribution in [0.5, 0.6) is 5.75 Å². The summed E-state index contributed by atoms with van der Waals surface area (Å²) in [5, 5.41) is 0. The van der Waals surface area contributed by atoms with Crippen LogP contribution in [0.3, 0.4) is 0 Å². The van der Waals surface area contributed by atoms with E-state index in [0.29, 0.717) is 5.92 Å². The summed E-state index contributed by atoms with van der Waals surface area (Å²) in [7, 11) is 1.78. The van der Waals surface area contributed by atoms with Crippen molar-refractivity contribution in [3.05, 3.63) is 82.5 Å². The number of methoxy groups -OCH3 is 1. The first-order valence-electron chi connectivity index (χ1n) is 12.4. The highest BCUT2D eigenvalue weighted by molar-refractivity contribution is 5.70. The molecule has 1 aromatic heterocycles. The summed E-state index contributed by atoms with van der Waals surface area (Å²) in [5.74, 6) is 1.61. The molecule has 3 heteroatoms. The van der Waals surface area contributed by atoms with E-state index in [0.717, 1.165) is 49.6 Å². The molecule has 0 bridgehead atoms. The molecule has 3 nitrogen and oxygen atoms in total. The van der Waals surface area contributed by atoms with E-state index in [1.54, 1.807) is 7.11 Å². The van der Waals surface area contributed by atoms with Gasteiger partial charge in [-0.1, -0.05) is 76.2 Å². The molecule has 0 atom stereocenters. The number of hydrogen-bond donors (Lipinski definition) is 0. The van der Waals surface area contributed by atoms with Gasteiger partial charge in [0.2, 0.25) is 0 Å². The van der Waals surface area contributed by atoms with Gasteiger partial charge < -0.3 is 4.74 Å². The van der Waals surface area contributed by atoms with Gasteiger partial charge in [0, 0.05) is 36.0 Å². The summed E-state index contributed by atoms with van der Waals surface area (Å²) < 4.78 is 5.95. The molecule has 3 rings (SSSR count). The van der Waals surface area contributed by atoms with E-state index in [-0.39, 0.29) is 0 Å². The van der Waals surface area contributed by atoms with Crippen molar-refractivity contribution in [2.75, 3.05) is 13.7 Å². The zero-order valence-electron chi connectivity index (χ0n) is 21.3. The summed E-state index contributed by atoms with van der Waals surface area (Å²) in [6.45, 7) is 14.0. The van der Waals surface area contributed by atoms with E-state index in [4.69, 9.17) is 9.72 Å². The highest BCUT2D eigenvalue weighted by Crippen LogP contribution is 2.33. The molecule has 0 aliphatic rings. The van der Waals surface area contributed by atoms with Gasteiger partial charge in [0.25, 0.3) is 0 Å². The minimum atomic E-state index is 0.671. The normalized spacial score (nSPS) is 11.4. The summed E-state index contributed by atoms with van der Waals surface area (Å²) >= 11 is 0. The van der Waals surface area contributed by atoms with Gasteiger partial charge in [-0.3, -0.25) is 9.88 Å². The molecule has 1 heterocycles. The van der Waals surface area contributed by atoms with E-state index in [1.165, 1.54) is 34.2 Å². The Morgan fingerprint density at radius 1 is 0.909 bits per heavy atom. The number of pyridine rings is 1. The van der Waals surface area contributed by atoms with E-state index >= 15 is 0 Å². The number of aromatic nitrogens is 1. The van der Waals surface area contributed by atoms with Gasteiger partial charge in [-0.2, -0.15) is 0 Å². The molecule has 0 saturated heterocycles. The first-order chi connectivity index (χ1) is 16.0. The standard InChI is InChI=1S/C30H40N2O/c1-7-25-15-12-16-26(8-2)30(25)28-19-29(33-6)27(23(5)31-28)21-32(18-17-22(3)4)20-24-13-10-9-11-14-24/h9-16,19,22H,7-8,17-18,20-21H2,1-6H3. The lowest BCUT2D eigenvalue weighted by Gasteiger charge is -2.26. The zero-order chi connectivity index (χ0) is 23.8. The second kappa shape index (κ2) is 12.0. The van der Waals surface area contributed by atoms with Crippen LogP contribution in [0.4, 0.5) is 0 Å². The third-order valence-corrected chi connectivity index (χ3v) is 6.42. The maximum Gasteiger partial charge on any atom is 0.127 e. The highest BCUT2D eigenvalue weighted by Gasteiger charge is 2.18. The highest BCUT2D eigenvalue weighted by atomic mass is 16.5. The molecule has 0 aliphatic heterocycles. The van der Waals surface area contributed by atoms with Gasteiger partial charge in [-0.05, 0) is 55.3 Å². The summed E-state index contributed by atoms with van der Waals surface area (Å²) in [6, 6.07) is 19.5. The van der Waals surface area contributed by atoms with E-state index in [9.17, 15) is 0 Å². The Bertz CT molecular complexity index is 1000. The number of benzene rings is 2. The first-order valence-corrected chi connectivity index (χ1v) is 12.4. The van der Waals surface area contributed by atoms with Gasteiger partial charge in [-0.25, -0.2) is 0 Å². The number of hydrogen-bond acceptors (Lipinski definition) is 3. The molecule has 2 aromatic carbocycles. The lowest BCUT2D eigenvalue weighted by molar-refractivity contribution is 0.237. The molecule has 0 amide bonds. The average molecular weight is 445 g/mol. The fourth-order valence-corrected chi connectivity index (χ4v) is 4.46. The monoisotopic (exact) mass is 444 g/mol. The molecule has 0 radical (unpaired) electrons. The topological polar surface area (TPSA) is 25.4 Å². The molecule has 0 spiro atoms. The van der Waals surface area contributed by atoms with Gasteiger partial charge in [0.05, 0.1) is 12.8 Å². The van der Waals surface area contributed by atoms with Crippen LogP contribution in [-0.4, -0.2) is 23.5 Å². The summed E-state index contributed by atoms with van der Waals surface area (Å²) in [4.78, 5) is 7.64. The van der Waals surface area contributed by atoms with Crippen molar-refractivity contribution >= 4 is 0 Å². The molecule has 0 saturated carbocycles. The Morgan fingerprint density at radius 2 is 1.58 bits per heavy atom. The Labute approximate surface area is 200 Å². The largest absolute Gasteiger partial charge is 0.496 e. The third-order valence-electron chi connectivity index (χ3n) is 6.42. The second-order valence-corrected chi connectivity index (χ2v) is 9.31. The zero-order valence-corrected chi connectivity index (χ0v) is 21.3. The molecule has 33 heavy (non-hydrogen) atoms. The second-order valence-electron chi connectivity index (χ2n) is 9.31. The Morgan fingerprint density at radius 3 is 2.15 bits per heavy atom. The van der Waals surface area contributed by atoms with Gasteiger partial charge in [0.15, 0.2) is 0 Å². The summed E-state index contributed by atoms with van der Waals surface area (Å²) in [5.41, 5.74) is 8.58. The van der Waals surface area contributed by atoms with E-state index < -0.39 is 0 Å². The molecular weight excluding hydrogens is 404 g/mol. The van der Waals surface area contributed by atoms with Crippen molar-refractivity contribution in [2.45, 2.75) is 67.0 Å². The van der Waals surface area contributed by atoms with Crippen molar-refractivity contribution in [3.63, 3.8) is 0 Å². The SMILES string of the molecule is CCc1cccc(CC)c1-c1cc(OC)c(CN(CCC(C)C)Cc2ccccc2)c(C)n1. The molecule has 0 fully saturated rings. The lowest BCUT2D eigenvalue weighted by atomic mass is 9.94. The van der Waals surface area contributed by atoms with Gasteiger partial charge in [0.1, 0.15) is 5.75 Å². The smallest absolute Gasteiger partial charge is 0.127 e. The third kappa shape index (κ3) is 6.45. The minimum absolute atomic E-state index is 0.671. The van der Waals surface area contributed by atoms with Crippen molar-refractivity contribution < 1.29 is 4.74 Å². The fraction of sp³-hybridized carbons (Fsp3) is 0.433. The van der Waals surface area contributed by atoms with Gasteiger partial charge in [-0.15, -0.1) is 0 Å². The maximum atomic E-state index is 5.95. The molecule has 0 aliphatic carbocycles. The number of rotatable bonds is 11. The van der Waals surface area contributed by atoms with Crippen LogP contribution in [0.1, 0.15) is 62.1 Å². The number of nitrogens with zero attached hydrogens (tertiary/aromatic N) is 2. The van der Waals surface area contributed by atoms with Crippen LogP contribution >= 0.6 is 0 Å². The van der Waals surface area contributed by atoms with Crippen LogP contribution in [0.25, 0.3) is 11.3 Å². The Balaban J connectivity index is 1.97. The molecule has 0 N–H and O–H groups in total. The quantitative estimate of drug-likeness (QED) is 0.312. The van der Waals surface area contributed by atoms with Crippen LogP contribution in [-0.2, 0) is 25.9 Å². The molecule has 3 aromatic rings. The van der Waals surface area contributed by atoms with Crippen LogP contribution in [0, 0.1) is 12.8 Å². The Kier molecular flexibility index (Phi) is 9.08. The van der Waals surface area contributed by atoms with E-state index in [2.05, 4.69) is 94.1 Å².